The van der Waals surface area contributed by atoms with Crippen LogP contribution < -0.4 is 0 Å². The summed E-state index contributed by atoms with van der Waals surface area (Å²) < 4.78 is 61.3. The zero-order valence-electron chi connectivity index (χ0n) is 73.2. The Hall–Kier alpha value is -4.31. The lowest BCUT2D eigenvalue weighted by Crippen LogP contribution is -2.30. The van der Waals surface area contributed by atoms with Crippen molar-refractivity contribution in [3.63, 3.8) is 0 Å². The first kappa shape index (κ1) is 111. The second-order valence-corrected chi connectivity index (χ2v) is 34.0. The Morgan fingerprint density at radius 1 is 0.252 bits per heavy atom. The summed E-state index contributed by atoms with van der Waals surface area (Å²) in [5.41, 5.74) is 0. The second kappa shape index (κ2) is 89.0. The molecule has 16 nitrogen and oxygen atoms in total. The number of unbranched alkanes of at least 4 members (excludes halogenated alkanes) is 43. The van der Waals surface area contributed by atoms with Crippen LogP contribution in [0.4, 0.5) is 0 Å². The Kier molecular flexibility index (Phi) is 85.6. The predicted octanol–water partition coefficient (Wildman–Crippen LogP) is 28.6. The summed E-state index contributed by atoms with van der Waals surface area (Å²) in [6.45, 7) is 2.46. The highest BCUT2D eigenvalue weighted by atomic mass is 31.2. The van der Waals surface area contributed by atoms with Crippen molar-refractivity contribution >= 4 is 33.6 Å². The molecule has 0 fully saturated rings. The van der Waals surface area contributed by atoms with Crippen LogP contribution in [-0.4, -0.2) is 95.9 Å². The Labute approximate surface area is 703 Å². The van der Waals surface area contributed by atoms with Gasteiger partial charge in [-0.15, -0.1) is 0 Å². The van der Waals surface area contributed by atoms with Crippen LogP contribution >= 0.6 is 15.6 Å². The molecule has 0 radical (unpaired) electrons. The number of phosphoric ester groups is 2. The van der Waals surface area contributed by atoms with Crippen molar-refractivity contribution in [3.05, 3.63) is 134 Å². The van der Waals surface area contributed by atoms with Crippen molar-refractivity contribution in [2.45, 2.75) is 424 Å². The zero-order valence-corrected chi connectivity index (χ0v) is 75.0. The third-order valence-corrected chi connectivity index (χ3v) is 21.7. The Bertz CT molecular complexity index is 2620. The van der Waals surface area contributed by atoms with E-state index < -0.39 is 91.5 Å². The third-order valence-electron chi connectivity index (χ3n) is 19.8. The summed E-state index contributed by atoms with van der Waals surface area (Å²) >= 11 is 0. The van der Waals surface area contributed by atoms with Crippen molar-refractivity contribution in [2.24, 2.45) is 0 Å². The molecular formula is C97H170O16P2. The van der Waals surface area contributed by atoms with E-state index in [0.717, 1.165) is 141 Å². The van der Waals surface area contributed by atoms with Gasteiger partial charge in [0.2, 0.25) is 0 Å². The first-order valence-corrected chi connectivity index (χ1v) is 49.5. The molecule has 0 saturated carbocycles. The fourth-order valence-electron chi connectivity index (χ4n) is 12.8. The molecule has 0 aromatic rings. The normalized spacial score (nSPS) is 14.4. The molecule has 0 aromatic carbocycles. The monoisotopic (exact) mass is 1650 g/mol. The van der Waals surface area contributed by atoms with Crippen molar-refractivity contribution in [2.75, 3.05) is 39.6 Å². The van der Waals surface area contributed by atoms with E-state index in [4.69, 9.17) is 32.3 Å². The van der Waals surface area contributed by atoms with Crippen LogP contribution in [0.1, 0.15) is 406 Å². The summed E-state index contributed by atoms with van der Waals surface area (Å²) in [6, 6.07) is 0. The molecule has 0 amide bonds. The van der Waals surface area contributed by atoms with E-state index in [1.807, 2.05) is 0 Å². The minimum Gasteiger partial charge on any atom is -0.463 e. The van der Waals surface area contributed by atoms with Crippen molar-refractivity contribution < 1.29 is 75.8 Å². The number of hydrogen-bond acceptors (Lipinski definition) is 14. The molecule has 0 aliphatic rings. The number of rotatable bonds is 88. The Morgan fingerprint density at radius 3 is 0.739 bits per heavy atom. The van der Waals surface area contributed by atoms with Gasteiger partial charge in [-0.2, -0.15) is 0 Å². The minimum absolute atomic E-state index is 0.0955. The molecular weight excluding hydrogens is 1480 g/mol. The van der Waals surface area contributed by atoms with Gasteiger partial charge in [0.1, 0.15) is 25.4 Å². The van der Waals surface area contributed by atoms with Crippen LogP contribution in [0.25, 0.3) is 0 Å². The average molecular weight is 1650 g/mol. The van der Waals surface area contributed by atoms with Gasteiger partial charge < -0.3 is 34.2 Å². The van der Waals surface area contributed by atoms with Gasteiger partial charge in [0.15, 0.2) is 6.10 Å². The molecule has 0 aromatic heterocycles. The van der Waals surface area contributed by atoms with E-state index in [0.29, 0.717) is 19.3 Å². The van der Waals surface area contributed by atoms with Crippen LogP contribution in [0.3, 0.4) is 0 Å². The maximum Gasteiger partial charge on any atom is 0.472 e. The minimum atomic E-state index is -4.93. The summed E-state index contributed by atoms with van der Waals surface area (Å²) in [5, 5.41) is 20.7. The van der Waals surface area contributed by atoms with E-state index in [1.54, 1.807) is 0 Å². The molecule has 0 spiro atoms. The van der Waals surface area contributed by atoms with E-state index in [1.165, 1.54) is 205 Å². The van der Waals surface area contributed by atoms with Crippen molar-refractivity contribution in [1.82, 2.24) is 0 Å². The van der Waals surface area contributed by atoms with Crippen LogP contribution in [-0.2, 0) is 55.8 Å². The molecule has 5 atom stereocenters. The van der Waals surface area contributed by atoms with E-state index in [-0.39, 0.29) is 19.3 Å². The maximum absolute atomic E-state index is 13.0. The van der Waals surface area contributed by atoms with Gasteiger partial charge in [-0.1, -0.05) is 392 Å². The second-order valence-electron chi connectivity index (χ2n) is 31.0. The van der Waals surface area contributed by atoms with E-state index in [2.05, 4.69) is 154 Å². The number of allylic oxidation sites excluding steroid dienone is 22. The Morgan fingerprint density at radius 2 is 0.461 bits per heavy atom. The molecule has 0 rings (SSSR count). The molecule has 0 aliphatic heterocycles. The van der Waals surface area contributed by atoms with Crippen LogP contribution in [0.15, 0.2) is 134 Å². The van der Waals surface area contributed by atoms with Gasteiger partial charge in [-0.3, -0.25) is 32.5 Å². The quantitative estimate of drug-likeness (QED) is 0.0146. The van der Waals surface area contributed by atoms with Crippen LogP contribution in [0.5, 0.6) is 0 Å². The van der Waals surface area contributed by atoms with Gasteiger partial charge in [-0.05, 0) is 128 Å². The van der Waals surface area contributed by atoms with Gasteiger partial charge >= 0.3 is 33.6 Å². The first-order valence-electron chi connectivity index (χ1n) is 46.5. The molecule has 0 bridgehead atoms. The number of esters is 3. The molecule has 115 heavy (non-hydrogen) atoms. The van der Waals surface area contributed by atoms with Gasteiger partial charge in [0, 0.05) is 19.3 Å². The van der Waals surface area contributed by atoms with Gasteiger partial charge in [0.25, 0.3) is 0 Å². The third kappa shape index (κ3) is 90.3. The lowest BCUT2D eigenvalue weighted by Gasteiger charge is -2.21. The molecule has 664 valence electrons. The number of aliphatic hydroxyl groups excluding tert-OH is 2. The molecule has 5 unspecified atom stereocenters. The zero-order chi connectivity index (χ0) is 83.6. The van der Waals surface area contributed by atoms with Crippen LogP contribution in [0, 0.1) is 0 Å². The van der Waals surface area contributed by atoms with E-state index in [9.17, 15) is 43.5 Å². The fraction of sp³-hybridized carbons (Fsp3) is 0.742. The molecule has 0 heterocycles. The fourth-order valence-corrected chi connectivity index (χ4v) is 14.4. The average Bonchev–Trinajstić information content (AvgIpc) is 0.901. The molecule has 18 heteroatoms. The summed E-state index contributed by atoms with van der Waals surface area (Å²) in [6.07, 6.45) is 111. The topological polar surface area (TPSA) is 231 Å². The smallest absolute Gasteiger partial charge is 0.463 e. The number of aliphatic hydroxyl groups is 2. The lowest BCUT2D eigenvalue weighted by molar-refractivity contribution is -0.161. The highest BCUT2D eigenvalue weighted by molar-refractivity contribution is 7.47. The lowest BCUT2D eigenvalue weighted by atomic mass is 10.0. The maximum atomic E-state index is 13.0. The summed E-state index contributed by atoms with van der Waals surface area (Å²) in [5.74, 6) is -1.57. The molecule has 0 saturated heterocycles. The number of carbonyl (C=O) groups excluding carboxylic acids is 3. The number of ether oxygens (including phenoxy) is 3. The van der Waals surface area contributed by atoms with Gasteiger partial charge in [-0.25, -0.2) is 9.13 Å². The Balaban J connectivity index is 4.30. The first-order chi connectivity index (χ1) is 56.2. The van der Waals surface area contributed by atoms with Gasteiger partial charge in [0.05, 0.1) is 26.4 Å². The van der Waals surface area contributed by atoms with Crippen molar-refractivity contribution in [3.8, 4) is 0 Å². The van der Waals surface area contributed by atoms with Crippen molar-refractivity contribution in [1.29, 1.82) is 0 Å². The predicted molar refractivity (Wildman–Crippen MR) is 482 cm³/mol. The SMILES string of the molecule is CC/C=C\C/C=C\C/C=C\C/C=C\C/C=C\CCCCCCCCCCCCCCCCCCCCCC(=O)OCC(O)COP(=O)(O)OCC(O)COP(=O)(O)OCC(COC(=O)CCCCCCCCCCCCCCCCCCC/C=C\C/C=C\C/C=C\C/C=C\C/C=C\CC)OC(=O)CCCCCCC/C=C\CCCC. The highest BCUT2D eigenvalue weighted by Crippen LogP contribution is 2.45. The number of hydrogen-bond donors (Lipinski definition) is 4. The highest BCUT2D eigenvalue weighted by Gasteiger charge is 2.29. The number of phosphoric acid groups is 2. The molecule has 0 aliphatic carbocycles. The van der Waals surface area contributed by atoms with Crippen LogP contribution in [0.2, 0.25) is 0 Å². The summed E-state index contributed by atoms with van der Waals surface area (Å²) in [7, 11) is -9.79. The number of carbonyl (C=O) groups is 3. The largest absolute Gasteiger partial charge is 0.472 e. The standard InChI is InChI=1S/C97H170O16P2/c1-4-7-10-13-16-19-22-24-26-28-30-32-34-36-38-40-42-44-45-47-49-50-52-54-56-58-60-62-64-66-69-71-74-77-80-83-95(100)107-86-92(98)87-109-114(103,104)110-88-93(99)89-111-115(105,106)112-91-94(113-97(102)85-82-79-76-73-68-21-18-15-12-9-6-3)90-108-96(101)84-81-78-75-72-70-67-65-63-61-59-57-55-53-51-48-46-43-41-39-37-35-33-31-29-27-25-23-20-17-14-11-8-5-2/h7-8,10-11,15-20,24-27,30-33,36-39,92-94,98-99H,4-6,9,12-14,21-23,28-29,34-35,40-91H2,1-3H3,(H,103,104)(H,105,106)/b10-7-,11-8-,18-15-,19-16-,20-17-,26-24-,27-25-,32-30-,33-31-,38-36-,39-37-. The molecule has 4 N–H and O–H groups in total. The summed E-state index contributed by atoms with van der Waals surface area (Å²) in [4.78, 5) is 58.8. The van der Waals surface area contributed by atoms with E-state index >= 15 is 0 Å².